The van der Waals surface area contributed by atoms with Crippen molar-refractivity contribution in [2.75, 3.05) is 0 Å². The van der Waals surface area contributed by atoms with Crippen LogP contribution in [0.15, 0.2) is 170 Å². The molecule has 0 saturated carbocycles. The van der Waals surface area contributed by atoms with Crippen LogP contribution in [0.1, 0.15) is 0 Å². The fraction of sp³-hybridized carbons (Fsp3) is 0. The first-order valence-electron chi connectivity index (χ1n) is 15.9. The quantitative estimate of drug-likeness (QED) is 0.172. The molecule has 0 atom stereocenters. The van der Waals surface area contributed by atoms with Crippen LogP contribution in [0.4, 0.5) is 0 Å². The second-order valence-electron chi connectivity index (χ2n) is 11.5. The summed E-state index contributed by atoms with van der Waals surface area (Å²) in [5.74, 6) is 2.57. The van der Waals surface area contributed by atoms with Gasteiger partial charge in [0.2, 0.25) is 0 Å². The Morgan fingerprint density at radius 1 is 0.265 bits per heavy atom. The van der Waals surface area contributed by atoms with Crippen LogP contribution in [-0.4, -0.2) is 24.9 Å². The van der Waals surface area contributed by atoms with E-state index in [1.807, 2.05) is 109 Å². The maximum absolute atomic E-state index is 6.18. The second kappa shape index (κ2) is 13.4. The summed E-state index contributed by atoms with van der Waals surface area (Å²) in [7, 11) is 0. The van der Waals surface area contributed by atoms with E-state index in [9.17, 15) is 0 Å². The van der Waals surface area contributed by atoms with Crippen LogP contribution in [0.5, 0.6) is 0 Å². The predicted molar refractivity (Wildman–Crippen MR) is 198 cm³/mol. The standard InChI is InChI=1S/C43H28ClN5/c44-37-26-24-32(25-27-37)39-28-38(31-10-4-1-5-11-31)45-40(46-39)35-20-16-29(17-21-35)30-18-22-36(23-19-30)43-48-41(33-12-6-2-7-13-33)47-42(49-43)34-14-8-3-9-15-34/h1-28H. The van der Waals surface area contributed by atoms with Gasteiger partial charge < -0.3 is 0 Å². The van der Waals surface area contributed by atoms with E-state index in [1.165, 1.54) is 0 Å². The predicted octanol–water partition coefficient (Wildman–Crippen LogP) is 11.0. The van der Waals surface area contributed by atoms with Crippen LogP contribution >= 0.6 is 11.6 Å². The number of rotatable bonds is 7. The van der Waals surface area contributed by atoms with Crippen molar-refractivity contribution in [3.63, 3.8) is 0 Å². The van der Waals surface area contributed by atoms with Crippen molar-refractivity contribution >= 4 is 11.6 Å². The first-order valence-corrected chi connectivity index (χ1v) is 16.3. The molecule has 0 N–H and O–H groups in total. The molecule has 0 fully saturated rings. The van der Waals surface area contributed by atoms with Crippen LogP contribution in [-0.2, 0) is 0 Å². The zero-order valence-corrected chi connectivity index (χ0v) is 27.0. The van der Waals surface area contributed by atoms with E-state index >= 15 is 0 Å². The highest BCUT2D eigenvalue weighted by molar-refractivity contribution is 6.30. The summed E-state index contributed by atoms with van der Waals surface area (Å²) in [5, 5.41) is 0.687. The molecule has 0 bridgehead atoms. The molecule has 5 nitrogen and oxygen atoms in total. The Kier molecular flexibility index (Phi) is 8.24. The summed E-state index contributed by atoms with van der Waals surface area (Å²) in [4.78, 5) is 24.5. The van der Waals surface area contributed by atoms with Gasteiger partial charge in [-0.1, -0.05) is 163 Å². The molecule has 2 aromatic heterocycles. The molecule has 0 unspecified atom stereocenters. The van der Waals surface area contributed by atoms with Gasteiger partial charge in [0.25, 0.3) is 0 Å². The summed E-state index contributed by atoms with van der Waals surface area (Å²) < 4.78 is 0. The number of hydrogen-bond donors (Lipinski definition) is 0. The van der Waals surface area contributed by atoms with Gasteiger partial charge in [0.05, 0.1) is 11.4 Å². The van der Waals surface area contributed by atoms with Crippen molar-refractivity contribution in [1.82, 2.24) is 24.9 Å². The minimum absolute atomic E-state index is 0.626. The summed E-state index contributed by atoms with van der Waals surface area (Å²) in [6, 6.07) is 56.6. The molecule has 8 aromatic rings. The van der Waals surface area contributed by atoms with E-state index in [4.69, 9.17) is 36.5 Å². The molecule has 0 amide bonds. The molecular formula is C43H28ClN5. The molecule has 49 heavy (non-hydrogen) atoms. The SMILES string of the molecule is Clc1ccc(-c2cc(-c3ccccc3)nc(-c3ccc(-c4ccc(-c5nc(-c6ccccc6)nc(-c6ccccc6)n5)cc4)cc3)n2)cc1. The molecule has 6 aromatic carbocycles. The fourth-order valence-electron chi connectivity index (χ4n) is 5.66. The van der Waals surface area contributed by atoms with E-state index < -0.39 is 0 Å². The molecule has 0 aliphatic rings. The van der Waals surface area contributed by atoms with Gasteiger partial charge in [0, 0.05) is 38.4 Å². The third-order valence-electron chi connectivity index (χ3n) is 8.25. The van der Waals surface area contributed by atoms with Crippen molar-refractivity contribution in [2.24, 2.45) is 0 Å². The Bertz CT molecular complexity index is 2290. The molecule has 0 aliphatic carbocycles. The summed E-state index contributed by atoms with van der Waals surface area (Å²) in [6.45, 7) is 0. The van der Waals surface area contributed by atoms with Crippen LogP contribution in [0.3, 0.4) is 0 Å². The maximum Gasteiger partial charge on any atom is 0.164 e. The van der Waals surface area contributed by atoms with Crippen molar-refractivity contribution < 1.29 is 0 Å². The zero-order chi connectivity index (χ0) is 33.0. The highest BCUT2D eigenvalue weighted by Gasteiger charge is 2.14. The minimum atomic E-state index is 0.626. The minimum Gasteiger partial charge on any atom is -0.228 e. The number of halogens is 1. The van der Waals surface area contributed by atoms with Gasteiger partial charge >= 0.3 is 0 Å². The molecule has 6 heteroatoms. The highest BCUT2D eigenvalue weighted by Crippen LogP contribution is 2.31. The van der Waals surface area contributed by atoms with Crippen molar-refractivity contribution in [3.8, 4) is 79.2 Å². The smallest absolute Gasteiger partial charge is 0.164 e. The lowest BCUT2D eigenvalue weighted by Gasteiger charge is -2.11. The summed E-state index contributed by atoms with van der Waals surface area (Å²) in [6.07, 6.45) is 0. The lowest BCUT2D eigenvalue weighted by molar-refractivity contribution is 1.07. The lowest BCUT2D eigenvalue weighted by atomic mass is 10.0. The Balaban J connectivity index is 1.11. The molecule has 0 aliphatic heterocycles. The number of nitrogens with zero attached hydrogens (tertiary/aromatic N) is 5. The lowest BCUT2D eigenvalue weighted by Crippen LogP contribution is -2.00. The van der Waals surface area contributed by atoms with Gasteiger partial charge in [-0.25, -0.2) is 24.9 Å². The third-order valence-corrected chi connectivity index (χ3v) is 8.51. The summed E-state index contributed by atoms with van der Waals surface area (Å²) >= 11 is 6.18. The number of hydrogen-bond acceptors (Lipinski definition) is 5. The first kappa shape index (κ1) is 30.1. The number of aromatic nitrogens is 5. The molecule has 2 heterocycles. The average molecular weight is 650 g/mol. The van der Waals surface area contributed by atoms with Gasteiger partial charge in [0.1, 0.15) is 0 Å². The second-order valence-corrected chi connectivity index (χ2v) is 12.0. The van der Waals surface area contributed by atoms with Crippen LogP contribution in [0.2, 0.25) is 5.02 Å². The Hall–Kier alpha value is -6.30. The largest absolute Gasteiger partial charge is 0.228 e. The van der Waals surface area contributed by atoms with Crippen molar-refractivity contribution in [1.29, 1.82) is 0 Å². The maximum atomic E-state index is 6.18. The molecule has 232 valence electrons. The van der Waals surface area contributed by atoms with E-state index in [0.29, 0.717) is 28.3 Å². The first-order chi connectivity index (χ1) is 24.2. The highest BCUT2D eigenvalue weighted by atomic mass is 35.5. The Morgan fingerprint density at radius 3 is 0.959 bits per heavy atom. The molecular weight excluding hydrogens is 622 g/mol. The van der Waals surface area contributed by atoms with E-state index in [2.05, 4.69) is 60.7 Å². The fourth-order valence-corrected chi connectivity index (χ4v) is 5.79. The van der Waals surface area contributed by atoms with Gasteiger partial charge in [0.15, 0.2) is 23.3 Å². The Labute approximate surface area is 289 Å². The van der Waals surface area contributed by atoms with Crippen molar-refractivity contribution in [3.05, 3.63) is 175 Å². The Morgan fingerprint density at radius 2 is 0.551 bits per heavy atom. The van der Waals surface area contributed by atoms with Crippen molar-refractivity contribution in [2.45, 2.75) is 0 Å². The van der Waals surface area contributed by atoms with E-state index in [0.717, 1.165) is 55.9 Å². The number of benzene rings is 6. The van der Waals surface area contributed by atoms with Crippen LogP contribution < -0.4 is 0 Å². The molecule has 0 radical (unpaired) electrons. The molecule has 0 spiro atoms. The van der Waals surface area contributed by atoms with Gasteiger partial charge in [-0.15, -0.1) is 0 Å². The van der Waals surface area contributed by atoms with Crippen LogP contribution in [0, 0.1) is 0 Å². The monoisotopic (exact) mass is 649 g/mol. The zero-order valence-electron chi connectivity index (χ0n) is 26.3. The third kappa shape index (κ3) is 6.61. The topological polar surface area (TPSA) is 64.5 Å². The van der Waals surface area contributed by atoms with Gasteiger partial charge in [-0.2, -0.15) is 0 Å². The van der Waals surface area contributed by atoms with E-state index in [-0.39, 0.29) is 0 Å². The normalized spacial score (nSPS) is 11.0. The van der Waals surface area contributed by atoms with Gasteiger partial charge in [-0.05, 0) is 29.3 Å². The van der Waals surface area contributed by atoms with Gasteiger partial charge in [-0.3, -0.25) is 0 Å². The summed E-state index contributed by atoms with van der Waals surface area (Å²) in [5.41, 5.74) is 9.60. The average Bonchev–Trinajstić information content (AvgIpc) is 3.19. The van der Waals surface area contributed by atoms with E-state index in [1.54, 1.807) is 0 Å². The molecule has 8 rings (SSSR count). The molecule has 0 saturated heterocycles. The van der Waals surface area contributed by atoms with Crippen LogP contribution in [0.25, 0.3) is 79.2 Å².